The van der Waals surface area contributed by atoms with Gasteiger partial charge in [-0.05, 0) is 26.0 Å². The van der Waals surface area contributed by atoms with Gasteiger partial charge in [-0.15, -0.1) is 11.3 Å². The molecule has 1 atom stereocenters. The Bertz CT molecular complexity index is 508. The second-order valence-electron chi connectivity index (χ2n) is 3.85. The smallest absolute Gasteiger partial charge is 0.231 e. The monoisotopic (exact) mass is 282 g/mol. The van der Waals surface area contributed by atoms with E-state index in [1.807, 2.05) is 31.4 Å². The van der Waals surface area contributed by atoms with Crippen LogP contribution < -0.4 is 5.32 Å². The molecule has 2 aromatic heterocycles. The summed E-state index contributed by atoms with van der Waals surface area (Å²) in [4.78, 5) is 16.0. The van der Waals surface area contributed by atoms with Crippen LogP contribution in [-0.2, 0) is 4.79 Å². The summed E-state index contributed by atoms with van der Waals surface area (Å²) >= 11 is 3.01. The quantitative estimate of drug-likeness (QED) is 0.856. The third-order valence-corrected chi connectivity index (χ3v) is 4.41. The molecule has 0 saturated carbocycles. The first kappa shape index (κ1) is 13.2. The maximum Gasteiger partial charge on any atom is 0.231 e. The summed E-state index contributed by atoms with van der Waals surface area (Å²) in [6.07, 6.45) is 1.60. The number of aryl methyl sites for hydroxylation is 1. The molecule has 2 heterocycles. The SMILES string of the molecule is Cc1csc(SCC(=O)NC(C)c2ccco2)n1. The topological polar surface area (TPSA) is 55.1 Å². The third kappa shape index (κ3) is 3.61. The second-order valence-corrected chi connectivity index (χ2v) is 5.93. The highest BCUT2D eigenvalue weighted by atomic mass is 32.2. The number of nitrogens with zero attached hydrogens (tertiary/aromatic N) is 1. The summed E-state index contributed by atoms with van der Waals surface area (Å²) in [7, 11) is 0. The van der Waals surface area contributed by atoms with Crippen LogP contribution in [0, 0.1) is 6.92 Å². The normalized spacial score (nSPS) is 12.3. The van der Waals surface area contributed by atoms with Crippen LogP contribution in [0.2, 0.25) is 0 Å². The molecule has 1 amide bonds. The van der Waals surface area contributed by atoms with E-state index in [4.69, 9.17) is 4.42 Å². The zero-order chi connectivity index (χ0) is 13.0. The maximum absolute atomic E-state index is 11.7. The highest BCUT2D eigenvalue weighted by Gasteiger charge is 2.12. The first-order chi connectivity index (χ1) is 8.65. The number of carbonyl (C=O) groups excluding carboxylic acids is 1. The molecule has 0 fully saturated rings. The number of aromatic nitrogens is 1. The zero-order valence-electron chi connectivity index (χ0n) is 10.2. The van der Waals surface area contributed by atoms with Gasteiger partial charge >= 0.3 is 0 Å². The lowest BCUT2D eigenvalue weighted by molar-refractivity contribution is -0.119. The van der Waals surface area contributed by atoms with Crippen LogP contribution in [0.4, 0.5) is 0 Å². The highest BCUT2D eigenvalue weighted by Crippen LogP contribution is 2.22. The molecular weight excluding hydrogens is 268 g/mol. The fraction of sp³-hybridized carbons (Fsp3) is 0.333. The van der Waals surface area contributed by atoms with Crippen molar-refractivity contribution in [3.63, 3.8) is 0 Å². The molecule has 0 aromatic carbocycles. The molecule has 18 heavy (non-hydrogen) atoms. The number of rotatable bonds is 5. The number of amides is 1. The van der Waals surface area contributed by atoms with E-state index in [0.29, 0.717) is 5.75 Å². The Balaban J connectivity index is 1.78. The van der Waals surface area contributed by atoms with E-state index in [-0.39, 0.29) is 11.9 Å². The maximum atomic E-state index is 11.7. The Labute approximate surface area is 114 Å². The molecule has 0 aliphatic rings. The van der Waals surface area contributed by atoms with Crippen molar-refractivity contribution < 1.29 is 9.21 Å². The Morgan fingerprint density at radius 1 is 1.67 bits per heavy atom. The predicted octanol–water partition coefficient (Wildman–Crippen LogP) is 3.01. The molecule has 0 spiro atoms. The molecule has 96 valence electrons. The van der Waals surface area contributed by atoms with Gasteiger partial charge in [0, 0.05) is 11.1 Å². The number of thioether (sulfide) groups is 1. The molecule has 0 saturated heterocycles. The van der Waals surface area contributed by atoms with Crippen molar-refractivity contribution in [3.8, 4) is 0 Å². The average molecular weight is 282 g/mol. The van der Waals surface area contributed by atoms with Gasteiger partial charge in [-0.25, -0.2) is 4.98 Å². The summed E-state index contributed by atoms with van der Waals surface area (Å²) in [5.41, 5.74) is 0.992. The number of carbonyl (C=O) groups is 1. The molecule has 2 rings (SSSR count). The van der Waals surface area contributed by atoms with Crippen molar-refractivity contribution in [2.45, 2.75) is 24.2 Å². The largest absolute Gasteiger partial charge is 0.467 e. The van der Waals surface area contributed by atoms with E-state index < -0.39 is 0 Å². The Kier molecular flexibility index (Phi) is 4.43. The van der Waals surface area contributed by atoms with Crippen LogP contribution in [-0.4, -0.2) is 16.6 Å². The lowest BCUT2D eigenvalue weighted by atomic mass is 10.2. The Morgan fingerprint density at radius 2 is 2.50 bits per heavy atom. The van der Waals surface area contributed by atoms with E-state index in [1.165, 1.54) is 11.8 Å². The summed E-state index contributed by atoms with van der Waals surface area (Å²) in [5.74, 6) is 1.12. The first-order valence-corrected chi connectivity index (χ1v) is 7.39. The van der Waals surface area contributed by atoms with Gasteiger partial charge in [0.1, 0.15) is 5.76 Å². The molecule has 0 aliphatic carbocycles. The van der Waals surface area contributed by atoms with Gasteiger partial charge < -0.3 is 9.73 Å². The molecule has 2 aromatic rings. The van der Waals surface area contributed by atoms with E-state index in [0.717, 1.165) is 15.8 Å². The van der Waals surface area contributed by atoms with Crippen molar-refractivity contribution in [2.24, 2.45) is 0 Å². The van der Waals surface area contributed by atoms with Crippen molar-refractivity contribution in [1.82, 2.24) is 10.3 Å². The van der Waals surface area contributed by atoms with Crippen LogP contribution in [0.1, 0.15) is 24.4 Å². The summed E-state index contributed by atoms with van der Waals surface area (Å²) in [5, 5.41) is 4.86. The number of thiazole rings is 1. The minimum absolute atomic E-state index is 0.0169. The molecule has 0 radical (unpaired) electrons. The summed E-state index contributed by atoms with van der Waals surface area (Å²) in [6.45, 7) is 3.84. The number of hydrogen-bond acceptors (Lipinski definition) is 5. The van der Waals surface area contributed by atoms with Gasteiger partial charge in [0.2, 0.25) is 5.91 Å². The minimum Gasteiger partial charge on any atom is -0.467 e. The molecule has 0 bridgehead atoms. The van der Waals surface area contributed by atoms with E-state index >= 15 is 0 Å². The second kappa shape index (κ2) is 6.06. The van der Waals surface area contributed by atoms with Crippen molar-refractivity contribution >= 4 is 29.0 Å². The van der Waals surface area contributed by atoms with Gasteiger partial charge in [0.05, 0.1) is 18.1 Å². The lowest BCUT2D eigenvalue weighted by Crippen LogP contribution is -2.27. The Morgan fingerprint density at radius 3 is 3.11 bits per heavy atom. The molecule has 1 N–H and O–H groups in total. The van der Waals surface area contributed by atoms with Crippen LogP contribution in [0.25, 0.3) is 0 Å². The summed E-state index contributed by atoms with van der Waals surface area (Å²) < 4.78 is 6.15. The molecular formula is C12H14N2O2S2. The van der Waals surface area contributed by atoms with Crippen LogP contribution in [0.3, 0.4) is 0 Å². The van der Waals surface area contributed by atoms with Crippen LogP contribution in [0.15, 0.2) is 32.5 Å². The van der Waals surface area contributed by atoms with E-state index in [9.17, 15) is 4.79 Å². The molecule has 0 aliphatic heterocycles. The number of nitrogens with one attached hydrogen (secondary N) is 1. The van der Waals surface area contributed by atoms with Crippen LogP contribution >= 0.6 is 23.1 Å². The highest BCUT2D eigenvalue weighted by molar-refractivity contribution is 8.01. The fourth-order valence-corrected chi connectivity index (χ4v) is 3.08. The van der Waals surface area contributed by atoms with Crippen molar-refractivity contribution in [3.05, 3.63) is 35.2 Å². The lowest BCUT2D eigenvalue weighted by Gasteiger charge is -2.10. The van der Waals surface area contributed by atoms with Crippen molar-refractivity contribution in [1.29, 1.82) is 0 Å². The van der Waals surface area contributed by atoms with Gasteiger partial charge in [-0.3, -0.25) is 4.79 Å². The number of hydrogen-bond donors (Lipinski definition) is 1. The average Bonchev–Trinajstić information content (AvgIpc) is 2.97. The van der Waals surface area contributed by atoms with Gasteiger partial charge in [0.15, 0.2) is 4.34 Å². The predicted molar refractivity (Wildman–Crippen MR) is 72.8 cm³/mol. The molecule has 4 nitrogen and oxygen atoms in total. The van der Waals surface area contributed by atoms with Gasteiger partial charge in [0.25, 0.3) is 0 Å². The summed E-state index contributed by atoms with van der Waals surface area (Å²) in [6, 6.07) is 3.55. The van der Waals surface area contributed by atoms with Gasteiger partial charge in [-0.2, -0.15) is 0 Å². The Hall–Kier alpha value is -1.27. The number of furan rings is 1. The minimum atomic E-state index is -0.105. The van der Waals surface area contributed by atoms with E-state index in [1.54, 1.807) is 17.6 Å². The van der Waals surface area contributed by atoms with Crippen molar-refractivity contribution in [2.75, 3.05) is 5.75 Å². The van der Waals surface area contributed by atoms with E-state index in [2.05, 4.69) is 10.3 Å². The van der Waals surface area contributed by atoms with Crippen LogP contribution in [0.5, 0.6) is 0 Å². The fourth-order valence-electron chi connectivity index (χ4n) is 1.42. The molecule has 1 unspecified atom stereocenters. The first-order valence-electron chi connectivity index (χ1n) is 5.53. The standard InChI is InChI=1S/C12H14N2O2S2/c1-8-6-17-12(13-8)18-7-11(15)14-9(2)10-4-3-5-16-10/h3-6,9H,7H2,1-2H3,(H,14,15). The zero-order valence-corrected chi connectivity index (χ0v) is 11.8. The molecule has 6 heteroatoms. The third-order valence-electron chi connectivity index (χ3n) is 2.27. The van der Waals surface area contributed by atoms with Gasteiger partial charge in [-0.1, -0.05) is 11.8 Å².